The number of hydrogen-bond acceptors (Lipinski definition) is 3. The van der Waals surface area contributed by atoms with E-state index in [2.05, 4.69) is 16.8 Å². The molecule has 1 rings (SSSR count). The van der Waals surface area contributed by atoms with Crippen molar-refractivity contribution in [2.45, 2.75) is 32.9 Å². The van der Waals surface area contributed by atoms with Crippen LogP contribution in [0, 0.1) is 0 Å². The number of carbonyl (C=O) groups excluding carboxylic acids is 1. The quantitative estimate of drug-likeness (QED) is 0.737. The molecular formula is C12H18N2O. The molecule has 1 heterocycles. The van der Waals surface area contributed by atoms with Gasteiger partial charge in [-0.25, -0.2) is 0 Å². The summed E-state index contributed by atoms with van der Waals surface area (Å²) in [7, 11) is 2.02. The first-order chi connectivity index (χ1) is 7.09. The molecule has 0 aromatic carbocycles. The molecule has 0 aliphatic rings. The van der Waals surface area contributed by atoms with Crippen molar-refractivity contribution >= 4 is 5.78 Å². The molecule has 3 nitrogen and oxygen atoms in total. The fraction of sp³-hybridized carbons (Fsp3) is 0.500. The van der Waals surface area contributed by atoms with Gasteiger partial charge in [-0.15, -0.1) is 0 Å². The summed E-state index contributed by atoms with van der Waals surface area (Å²) in [5, 5.41) is 0. The summed E-state index contributed by atoms with van der Waals surface area (Å²) in [4.78, 5) is 17.4. The lowest BCUT2D eigenvalue weighted by molar-refractivity contribution is -0.118. The van der Waals surface area contributed by atoms with Crippen molar-refractivity contribution in [3.63, 3.8) is 0 Å². The first-order valence-electron chi connectivity index (χ1n) is 5.19. The Bertz CT molecular complexity index is 311. The maximum absolute atomic E-state index is 11.0. The lowest BCUT2D eigenvalue weighted by Gasteiger charge is -2.23. The molecule has 1 aromatic heterocycles. The van der Waals surface area contributed by atoms with Gasteiger partial charge in [-0.2, -0.15) is 0 Å². The summed E-state index contributed by atoms with van der Waals surface area (Å²) in [5.74, 6) is 0.232. The van der Waals surface area contributed by atoms with E-state index in [0.717, 1.165) is 12.2 Å². The van der Waals surface area contributed by atoms with Crippen LogP contribution in [0.4, 0.5) is 0 Å². The van der Waals surface area contributed by atoms with E-state index < -0.39 is 0 Å². The van der Waals surface area contributed by atoms with E-state index in [9.17, 15) is 4.79 Å². The molecular weight excluding hydrogens is 188 g/mol. The summed E-state index contributed by atoms with van der Waals surface area (Å²) >= 11 is 0. The fourth-order valence-corrected chi connectivity index (χ4v) is 1.47. The minimum Gasteiger partial charge on any atom is -0.300 e. The maximum atomic E-state index is 11.0. The van der Waals surface area contributed by atoms with Gasteiger partial charge in [0, 0.05) is 25.2 Å². The molecule has 82 valence electrons. The third-order valence-electron chi connectivity index (χ3n) is 2.47. The standard InChI is InChI=1S/C12H18N2O/c1-10(8-11(2)15)14(3)9-12-6-4-5-7-13-12/h4-7,10H,8-9H2,1-3H3. The van der Waals surface area contributed by atoms with Crippen LogP contribution in [-0.2, 0) is 11.3 Å². The largest absolute Gasteiger partial charge is 0.300 e. The van der Waals surface area contributed by atoms with Gasteiger partial charge >= 0.3 is 0 Å². The van der Waals surface area contributed by atoms with Crippen LogP contribution < -0.4 is 0 Å². The number of aromatic nitrogens is 1. The Morgan fingerprint density at radius 3 is 2.80 bits per heavy atom. The van der Waals surface area contributed by atoms with Crippen LogP contribution >= 0.6 is 0 Å². The molecule has 1 atom stereocenters. The van der Waals surface area contributed by atoms with E-state index in [4.69, 9.17) is 0 Å². The highest BCUT2D eigenvalue weighted by molar-refractivity contribution is 5.76. The van der Waals surface area contributed by atoms with Crippen LogP contribution in [0.3, 0.4) is 0 Å². The van der Waals surface area contributed by atoms with E-state index >= 15 is 0 Å². The predicted octanol–water partition coefficient (Wildman–Crippen LogP) is 1.88. The maximum Gasteiger partial charge on any atom is 0.131 e. The number of carbonyl (C=O) groups is 1. The van der Waals surface area contributed by atoms with Crippen molar-refractivity contribution in [2.24, 2.45) is 0 Å². The van der Waals surface area contributed by atoms with Crippen LogP contribution in [0.1, 0.15) is 26.0 Å². The van der Waals surface area contributed by atoms with Crippen molar-refractivity contribution in [1.29, 1.82) is 0 Å². The Balaban J connectivity index is 2.48. The highest BCUT2D eigenvalue weighted by Gasteiger charge is 2.11. The molecule has 1 aromatic rings. The van der Waals surface area contributed by atoms with E-state index in [0.29, 0.717) is 6.42 Å². The molecule has 0 radical (unpaired) electrons. The third-order valence-corrected chi connectivity index (χ3v) is 2.47. The van der Waals surface area contributed by atoms with Gasteiger partial charge in [0.15, 0.2) is 0 Å². The minimum atomic E-state index is 0.232. The van der Waals surface area contributed by atoms with Gasteiger partial charge in [0.25, 0.3) is 0 Å². The number of nitrogens with zero attached hydrogens (tertiary/aromatic N) is 2. The molecule has 0 fully saturated rings. The number of rotatable bonds is 5. The molecule has 1 unspecified atom stereocenters. The molecule has 0 bridgehead atoms. The Kier molecular flexibility index (Phi) is 4.43. The number of hydrogen-bond donors (Lipinski definition) is 0. The van der Waals surface area contributed by atoms with Gasteiger partial charge in [0.05, 0.1) is 5.69 Å². The third kappa shape index (κ3) is 4.21. The Hall–Kier alpha value is -1.22. The number of pyridine rings is 1. The minimum absolute atomic E-state index is 0.232. The monoisotopic (exact) mass is 206 g/mol. The topological polar surface area (TPSA) is 33.2 Å². The normalized spacial score (nSPS) is 12.8. The van der Waals surface area contributed by atoms with Crippen LogP contribution in [0.2, 0.25) is 0 Å². The van der Waals surface area contributed by atoms with Gasteiger partial charge in [-0.1, -0.05) is 6.07 Å². The van der Waals surface area contributed by atoms with E-state index in [1.54, 1.807) is 13.1 Å². The SMILES string of the molecule is CC(=O)CC(C)N(C)Cc1ccccn1. The van der Waals surface area contributed by atoms with Crippen LogP contribution in [0.25, 0.3) is 0 Å². The average molecular weight is 206 g/mol. The Morgan fingerprint density at radius 2 is 2.27 bits per heavy atom. The van der Waals surface area contributed by atoms with Crippen LogP contribution in [0.5, 0.6) is 0 Å². The summed E-state index contributed by atoms with van der Waals surface area (Å²) in [6.45, 7) is 4.48. The molecule has 15 heavy (non-hydrogen) atoms. The molecule has 3 heteroatoms. The summed E-state index contributed by atoms with van der Waals surface area (Å²) in [6, 6.07) is 6.15. The van der Waals surface area contributed by atoms with Crippen molar-refractivity contribution in [3.8, 4) is 0 Å². The van der Waals surface area contributed by atoms with Gasteiger partial charge in [-0.05, 0) is 33.0 Å². The molecule has 0 saturated carbocycles. The summed E-state index contributed by atoms with van der Waals surface area (Å²) in [5.41, 5.74) is 1.04. The van der Waals surface area contributed by atoms with Crippen LogP contribution in [0.15, 0.2) is 24.4 Å². The van der Waals surface area contributed by atoms with E-state index in [-0.39, 0.29) is 11.8 Å². The fourth-order valence-electron chi connectivity index (χ4n) is 1.47. The van der Waals surface area contributed by atoms with Gasteiger partial charge in [-0.3, -0.25) is 14.7 Å². The lowest BCUT2D eigenvalue weighted by atomic mass is 10.1. The highest BCUT2D eigenvalue weighted by Crippen LogP contribution is 2.06. The molecule has 0 N–H and O–H groups in total. The lowest BCUT2D eigenvalue weighted by Crippen LogP contribution is -2.30. The molecule has 0 saturated heterocycles. The van der Waals surface area contributed by atoms with Crippen molar-refractivity contribution in [1.82, 2.24) is 9.88 Å². The zero-order chi connectivity index (χ0) is 11.3. The zero-order valence-corrected chi connectivity index (χ0v) is 9.60. The molecule has 0 spiro atoms. The van der Waals surface area contributed by atoms with E-state index in [1.165, 1.54) is 0 Å². The summed E-state index contributed by atoms with van der Waals surface area (Å²) < 4.78 is 0. The second-order valence-electron chi connectivity index (χ2n) is 3.99. The van der Waals surface area contributed by atoms with E-state index in [1.807, 2.05) is 25.2 Å². The van der Waals surface area contributed by atoms with Crippen molar-refractivity contribution in [2.75, 3.05) is 7.05 Å². The average Bonchev–Trinajstić information content (AvgIpc) is 2.18. The highest BCUT2D eigenvalue weighted by atomic mass is 16.1. The Morgan fingerprint density at radius 1 is 1.53 bits per heavy atom. The smallest absolute Gasteiger partial charge is 0.131 e. The number of Topliss-reactive ketones (excluding diaryl/α,β-unsaturated/α-hetero) is 1. The Labute approximate surface area is 91.1 Å². The van der Waals surface area contributed by atoms with Gasteiger partial charge in [0.1, 0.15) is 5.78 Å². The number of ketones is 1. The van der Waals surface area contributed by atoms with Crippen molar-refractivity contribution in [3.05, 3.63) is 30.1 Å². The first-order valence-corrected chi connectivity index (χ1v) is 5.19. The predicted molar refractivity (Wildman–Crippen MR) is 60.5 cm³/mol. The molecule has 0 amide bonds. The van der Waals surface area contributed by atoms with Gasteiger partial charge in [0.2, 0.25) is 0 Å². The first kappa shape index (κ1) is 11.9. The summed E-state index contributed by atoms with van der Waals surface area (Å²) in [6.07, 6.45) is 2.39. The second kappa shape index (κ2) is 5.61. The molecule has 0 aliphatic carbocycles. The molecule has 0 aliphatic heterocycles. The second-order valence-corrected chi connectivity index (χ2v) is 3.99. The van der Waals surface area contributed by atoms with Gasteiger partial charge < -0.3 is 0 Å². The van der Waals surface area contributed by atoms with Crippen LogP contribution in [-0.4, -0.2) is 28.8 Å². The van der Waals surface area contributed by atoms with Crippen molar-refractivity contribution < 1.29 is 4.79 Å². The zero-order valence-electron chi connectivity index (χ0n) is 9.60.